The van der Waals surface area contributed by atoms with Gasteiger partial charge in [0, 0.05) is 6.42 Å². The molecule has 1 aromatic rings. The Kier molecular flexibility index (Phi) is 8.91. The Labute approximate surface area is 180 Å². The molecular weight excluding hydrogens is 406 g/mol. The van der Waals surface area contributed by atoms with Gasteiger partial charge < -0.3 is 20.3 Å². The summed E-state index contributed by atoms with van der Waals surface area (Å²) in [6, 6.07) is 7.35. The zero-order valence-corrected chi connectivity index (χ0v) is 18.1. The normalized spacial score (nSPS) is 17.7. The average Bonchev–Trinajstić information content (AvgIpc) is 3.02. The number of methoxy groups -OCH3 is 1. The van der Waals surface area contributed by atoms with Gasteiger partial charge in [-0.3, -0.25) is 14.4 Å². The molecule has 0 bridgehead atoms. The van der Waals surface area contributed by atoms with Crippen LogP contribution in [0.15, 0.2) is 42.1 Å². The molecule has 1 aliphatic rings. The van der Waals surface area contributed by atoms with Crippen molar-refractivity contribution in [1.29, 1.82) is 0 Å². The predicted octanol–water partition coefficient (Wildman–Crippen LogP) is 0.869. The first-order valence-electron chi connectivity index (χ1n) is 9.58. The highest BCUT2D eigenvalue weighted by molar-refractivity contribution is 7.98. The molecule has 0 saturated carbocycles. The van der Waals surface area contributed by atoms with Crippen LogP contribution in [0.2, 0.25) is 0 Å². The van der Waals surface area contributed by atoms with Gasteiger partial charge in [0.1, 0.15) is 17.8 Å². The van der Waals surface area contributed by atoms with Crippen LogP contribution in [0.1, 0.15) is 18.9 Å². The van der Waals surface area contributed by atoms with Gasteiger partial charge in [0.25, 0.3) is 5.91 Å². The number of benzene rings is 1. The van der Waals surface area contributed by atoms with Crippen molar-refractivity contribution in [1.82, 2.24) is 15.5 Å². The lowest BCUT2D eigenvalue weighted by molar-refractivity contribution is -0.152. The fraction of sp³-hybridized carbons (Fsp3) is 0.429. The number of amides is 3. The first-order valence-corrected chi connectivity index (χ1v) is 11.0. The summed E-state index contributed by atoms with van der Waals surface area (Å²) in [7, 11) is 1.28. The minimum atomic E-state index is -0.828. The Balaban J connectivity index is 2.16. The number of hydrogen-bond donors (Lipinski definition) is 2. The number of carbonyl (C=O) groups excluding carboxylic acids is 4. The van der Waals surface area contributed by atoms with Crippen LogP contribution in [-0.4, -0.2) is 66.3 Å². The van der Waals surface area contributed by atoms with Crippen LogP contribution in [0.3, 0.4) is 0 Å². The number of hydrogen-bond acceptors (Lipinski definition) is 6. The predicted molar refractivity (Wildman–Crippen MR) is 114 cm³/mol. The zero-order chi connectivity index (χ0) is 22.1. The number of nitrogens with zero attached hydrogens (tertiary/aromatic N) is 1. The second-order valence-corrected chi connectivity index (χ2v) is 7.86. The highest BCUT2D eigenvalue weighted by atomic mass is 32.2. The lowest BCUT2D eigenvalue weighted by Crippen LogP contribution is -2.50. The summed E-state index contributed by atoms with van der Waals surface area (Å²) in [6.07, 6.45) is 4.70. The Morgan fingerprint density at radius 2 is 2.00 bits per heavy atom. The Hall–Kier alpha value is -2.81. The molecule has 0 saturated heterocycles. The third kappa shape index (κ3) is 5.85. The maximum atomic E-state index is 13.0. The monoisotopic (exact) mass is 433 g/mol. The van der Waals surface area contributed by atoms with Crippen LogP contribution in [-0.2, 0) is 30.3 Å². The highest BCUT2D eigenvalue weighted by Crippen LogP contribution is 2.23. The molecule has 30 heavy (non-hydrogen) atoms. The molecule has 2 N–H and O–H groups in total. The van der Waals surface area contributed by atoms with E-state index in [4.69, 9.17) is 4.74 Å². The molecule has 1 unspecified atom stereocenters. The van der Waals surface area contributed by atoms with Crippen LogP contribution in [0.4, 0.5) is 0 Å². The molecule has 9 heteroatoms. The number of thioether (sulfide) groups is 1. The van der Waals surface area contributed by atoms with Gasteiger partial charge in [-0.15, -0.1) is 0 Å². The number of rotatable bonds is 11. The second-order valence-electron chi connectivity index (χ2n) is 6.87. The number of carbonyl (C=O) groups is 4. The Bertz CT molecular complexity index is 799. The van der Waals surface area contributed by atoms with E-state index < -0.39 is 35.9 Å². The van der Waals surface area contributed by atoms with E-state index in [9.17, 15) is 19.2 Å². The third-order valence-electron chi connectivity index (χ3n) is 4.85. The van der Waals surface area contributed by atoms with Gasteiger partial charge in [0.2, 0.25) is 12.3 Å². The van der Waals surface area contributed by atoms with Gasteiger partial charge >= 0.3 is 5.97 Å². The smallest absolute Gasteiger partial charge is 0.328 e. The van der Waals surface area contributed by atoms with E-state index in [0.29, 0.717) is 25.0 Å². The van der Waals surface area contributed by atoms with E-state index >= 15 is 0 Å². The average molecular weight is 434 g/mol. The summed E-state index contributed by atoms with van der Waals surface area (Å²) in [5.74, 6) is -0.782. The molecule has 0 radical (unpaired) electrons. The minimum Gasteiger partial charge on any atom is -0.467 e. The lowest BCUT2D eigenvalue weighted by Gasteiger charge is -2.30. The minimum absolute atomic E-state index is 0.0938. The summed E-state index contributed by atoms with van der Waals surface area (Å²) in [4.78, 5) is 50.3. The van der Waals surface area contributed by atoms with Crippen molar-refractivity contribution >= 4 is 36.0 Å². The van der Waals surface area contributed by atoms with Gasteiger partial charge in [-0.2, -0.15) is 11.8 Å². The number of nitrogens with one attached hydrogen (secondary N) is 2. The molecule has 0 fully saturated rings. The number of ether oxygens (including phenoxy) is 1. The molecule has 1 heterocycles. The lowest BCUT2D eigenvalue weighted by atomic mass is 10.0. The van der Waals surface area contributed by atoms with Crippen molar-refractivity contribution in [2.45, 2.75) is 37.9 Å². The van der Waals surface area contributed by atoms with E-state index in [0.717, 1.165) is 5.56 Å². The van der Waals surface area contributed by atoms with Crippen molar-refractivity contribution < 1.29 is 23.9 Å². The molecular formula is C21H27N3O5S. The molecule has 2 rings (SSSR count). The van der Waals surface area contributed by atoms with Crippen LogP contribution in [0.5, 0.6) is 0 Å². The first kappa shape index (κ1) is 23.5. The third-order valence-corrected chi connectivity index (χ3v) is 5.49. The molecule has 0 spiro atoms. The Morgan fingerprint density at radius 3 is 2.60 bits per heavy atom. The van der Waals surface area contributed by atoms with Gasteiger partial charge in [0.15, 0.2) is 0 Å². The van der Waals surface area contributed by atoms with Crippen molar-refractivity contribution in [3.05, 3.63) is 47.7 Å². The summed E-state index contributed by atoms with van der Waals surface area (Å²) < 4.78 is 4.93. The van der Waals surface area contributed by atoms with E-state index in [1.54, 1.807) is 24.8 Å². The highest BCUT2D eigenvalue weighted by Gasteiger charge is 2.40. The largest absolute Gasteiger partial charge is 0.467 e. The van der Waals surface area contributed by atoms with Crippen molar-refractivity contribution in [3.63, 3.8) is 0 Å². The molecule has 3 atom stereocenters. The van der Waals surface area contributed by atoms with Gasteiger partial charge in [0.05, 0.1) is 13.2 Å². The maximum Gasteiger partial charge on any atom is 0.328 e. The maximum absolute atomic E-state index is 13.0. The van der Waals surface area contributed by atoms with Crippen molar-refractivity contribution in [2.24, 2.45) is 0 Å². The fourth-order valence-corrected chi connectivity index (χ4v) is 3.81. The SMILES string of the molecule is COC(=O)[C@H](Cc1ccccc1)N1C(=O)C(NC(=O)[C@H](CCSC)NC=O)=CC1C. The van der Waals surface area contributed by atoms with Crippen LogP contribution in [0, 0.1) is 0 Å². The van der Waals surface area contributed by atoms with Crippen LogP contribution in [0.25, 0.3) is 0 Å². The summed E-state index contributed by atoms with van der Waals surface area (Å²) in [5, 5.41) is 5.09. The topological polar surface area (TPSA) is 105 Å². The fourth-order valence-electron chi connectivity index (χ4n) is 3.33. The molecule has 0 aliphatic carbocycles. The molecule has 0 aromatic heterocycles. The molecule has 162 valence electrons. The molecule has 8 nitrogen and oxygen atoms in total. The van der Waals surface area contributed by atoms with Crippen LogP contribution < -0.4 is 10.6 Å². The van der Waals surface area contributed by atoms with Crippen molar-refractivity contribution in [2.75, 3.05) is 19.1 Å². The molecule has 3 amide bonds. The first-order chi connectivity index (χ1) is 14.4. The van der Waals surface area contributed by atoms with E-state index in [-0.39, 0.29) is 5.70 Å². The summed E-state index contributed by atoms with van der Waals surface area (Å²) >= 11 is 1.55. The molecule has 1 aromatic carbocycles. The van der Waals surface area contributed by atoms with Gasteiger partial charge in [-0.25, -0.2) is 4.79 Å². The molecule has 1 aliphatic heterocycles. The Morgan fingerprint density at radius 1 is 1.30 bits per heavy atom. The summed E-state index contributed by atoms with van der Waals surface area (Å²) in [5.41, 5.74) is 0.981. The van der Waals surface area contributed by atoms with E-state index in [1.807, 2.05) is 36.6 Å². The standard InChI is InChI=1S/C21H27N3O5S/c1-14-11-17(23-19(26)16(22-13-25)9-10-30-3)20(27)24(14)18(21(28)29-2)12-15-7-5-4-6-8-15/h4-8,11,13-14,16,18H,9-10,12H2,1-3H3,(H,22,25)(H,23,26)/t14?,16-,18-/m0/s1. The second kappa shape index (κ2) is 11.4. The van der Waals surface area contributed by atoms with E-state index in [2.05, 4.69) is 10.6 Å². The number of esters is 1. The van der Waals surface area contributed by atoms with Gasteiger partial charge in [-0.05, 0) is 37.0 Å². The van der Waals surface area contributed by atoms with Crippen LogP contribution >= 0.6 is 11.8 Å². The van der Waals surface area contributed by atoms with Gasteiger partial charge in [-0.1, -0.05) is 30.3 Å². The van der Waals surface area contributed by atoms with Crippen molar-refractivity contribution in [3.8, 4) is 0 Å². The quantitative estimate of drug-likeness (QED) is 0.396. The van der Waals surface area contributed by atoms with E-state index in [1.165, 1.54) is 12.0 Å². The summed E-state index contributed by atoms with van der Waals surface area (Å²) in [6.45, 7) is 1.77. The zero-order valence-electron chi connectivity index (χ0n) is 17.3.